The van der Waals surface area contributed by atoms with E-state index in [1.807, 2.05) is 0 Å². The highest BCUT2D eigenvalue weighted by Crippen LogP contribution is 2.59. The van der Waals surface area contributed by atoms with Crippen molar-refractivity contribution in [3.05, 3.63) is 194 Å². The van der Waals surface area contributed by atoms with Crippen molar-refractivity contribution in [1.29, 1.82) is 0 Å². The summed E-state index contributed by atoms with van der Waals surface area (Å²) < 4.78 is 0. The number of fused-ring (bicyclic) bond motifs is 11. The zero-order valence-electron chi connectivity index (χ0n) is 30.5. The minimum absolute atomic E-state index is 1.25. The third kappa shape index (κ3) is 3.88. The number of benzene rings is 11. The second-order valence-electron chi connectivity index (χ2n) is 15.4. The third-order valence-electron chi connectivity index (χ3n) is 12.7. The molecule has 0 heterocycles. The van der Waals surface area contributed by atoms with Crippen LogP contribution in [0, 0.1) is 0 Å². The quantitative estimate of drug-likeness (QED) is 0.161. The monoisotopic (exact) mass is 704 g/mol. The van der Waals surface area contributed by atoms with Crippen LogP contribution < -0.4 is 0 Å². The van der Waals surface area contributed by atoms with Crippen LogP contribution in [-0.4, -0.2) is 0 Å². The van der Waals surface area contributed by atoms with Crippen molar-refractivity contribution in [3.63, 3.8) is 0 Å². The fourth-order valence-corrected chi connectivity index (χ4v) is 10.5. The Morgan fingerprint density at radius 1 is 0.179 bits per heavy atom. The van der Waals surface area contributed by atoms with Gasteiger partial charge in [0.1, 0.15) is 0 Å². The maximum absolute atomic E-state index is 2.53. The van der Waals surface area contributed by atoms with E-state index < -0.39 is 0 Å². The van der Waals surface area contributed by atoms with E-state index in [1.54, 1.807) is 0 Å². The molecule has 0 saturated heterocycles. The molecule has 11 aromatic carbocycles. The molecule has 2 aliphatic rings. The van der Waals surface area contributed by atoms with E-state index in [0.29, 0.717) is 0 Å². The van der Waals surface area contributed by atoms with Gasteiger partial charge in [0.05, 0.1) is 0 Å². The van der Waals surface area contributed by atoms with Crippen molar-refractivity contribution >= 4 is 53.9 Å². The van der Waals surface area contributed by atoms with Crippen molar-refractivity contribution in [2.75, 3.05) is 0 Å². The first kappa shape index (κ1) is 30.1. The van der Waals surface area contributed by atoms with E-state index >= 15 is 0 Å². The van der Waals surface area contributed by atoms with Gasteiger partial charge in [-0.15, -0.1) is 0 Å². The molecule has 0 N–H and O–H groups in total. The zero-order valence-corrected chi connectivity index (χ0v) is 30.5. The molecule has 0 spiro atoms. The normalized spacial score (nSPS) is 12.3. The summed E-state index contributed by atoms with van der Waals surface area (Å²) in [7, 11) is 0. The smallest absolute Gasteiger partial charge is 0.000719 e. The van der Waals surface area contributed by atoms with E-state index in [9.17, 15) is 0 Å². The van der Waals surface area contributed by atoms with Crippen molar-refractivity contribution in [2.24, 2.45) is 0 Å². The molecule has 0 radical (unpaired) electrons. The molecule has 11 aromatic rings. The maximum atomic E-state index is 2.53. The van der Waals surface area contributed by atoms with Crippen LogP contribution in [0.5, 0.6) is 0 Å². The Labute approximate surface area is 324 Å². The van der Waals surface area contributed by atoms with Gasteiger partial charge in [-0.1, -0.05) is 182 Å². The van der Waals surface area contributed by atoms with Gasteiger partial charge in [0.15, 0.2) is 0 Å². The minimum atomic E-state index is 1.25. The van der Waals surface area contributed by atoms with E-state index in [-0.39, 0.29) is 0 Å². The largest absolute Gasteiger partial charge is 0.0622 e. The summed E-state index contributed by atoms with van der Waals surface area (Å²) in [6.45, 7) is 0. The van der Waals surface area contributed by atoms with Gasteiger partial charge >= 0.3 is 0 Å². The molecule has 0 nitrogen and oxygen atoms in total. The van der Waals surface area contributed by atoms with Crippen molar-refractivity contribution < 1.29 is 0 Å². The highest BCUT2D eigenvalue weighted by Gasteiger charge is 2.32. The molecule has 0 aliphatic heterocycles. The highest BCUT2D eigenvalue weighted by atomic mass is 14.3. The summed E-state index contributed by atoms with van der Waals surface area (Å²) in [4.78, 5) is 0. The van der Waals surface area contributed by atoms with Gasteiger partial charge in [0.2, 0.25) is 0 Å². The van der Waals surface area contributed by atoms with E-state index in [0.717, 1.165) is 0 Å². The molecule has 0 fully saturated rings. The zero-order chi connectivity index (χ0) is 36.5. The van der Waals surface area contributed by atoms with Crippen LogP contribution in [0.15, 0.2) is 194 Å². The molecule has 0 heteroatoms. The summed E-state index contributed by atoms with van der Waals surface area (Å²) in [6.07, 6.45) is 0. The van der Waals surface area contributed by atoms with E-state index in [2.05, 4.69) is 194 Å². The van der Waals surface area contributed by atoms with Crippen molar-refractivity contribution in [2.45, 2.75) is 0 Å². The predicted molar refractivity (Wildman–Crippen MR) is 239 cm³/mol. The summed E-state index contributed by atoms with van der Waals surface area (Å²) in [5, 5.41) is 13.0. The molecular formula is C56H32. The summed E-state index contributed by atoms with van der Waals surface area (Å²) in [5.74, 6) is 0. The predicted octanol–water partition coefficient (Wildman–Crippen LogP) is 15.7. The molecule has 0 atom stereocenters. The molecule has 0 aromatic heterocycles. The Morgan fingerprint density at radius 2 is 0.607 bits per heavy atom. The first-order valence-corrected chi connectivity index (χ1v) is 19.6. The lowest BCUT2D eigenvalue weighted by atomic mass is 9.82. The van der Waals surface area contributed by atoms with Crippen LogP contribution in [0.2, 0.25) is 0 Å². The van der Waals surface area contributed by atoms with Gasteiger partial charge in [0, 0.05) is 0 Å². The second kappa shape index (κ2) is 11.1. The number of hydrogen-bond donors (Lipinski definition) is 0. The molecule has 13 rings (SSSR count). The first-order chi connectivity index (χ1) is 27.8. The first-order valence-electron chi connectivity index (χ1n) is 19.6. The average molecular weight is 705 g/mol. The molecule has 0 saturated carbocycles. The topological polar surface area (TPSA) is 0 Å². The lowest BCUT2D eigenvalue weighted by molar-refractivity contribution is 1.62. The van der Waals surface area contributed by atoms with Crippen LogP contribution in [0.25, 0.3) is 132 Å². The highest BCUT2D eigenvalue weighted by molar-refractivity contribution is 6.34. The summed E-state index contributed by atoms with van der Waals surface area (Å²) >= 11 is 0. The second-order valence-corrected chi connectivity index (χ2v) is 15.4. The standard InChI is InChI=1S/C56H32/c1-3-15-33(16-4-1)51-42-23-11-12-24-43(42)52(34-17-5-2-6-18-34)56-50-32-48-38-22-10-9-21-37(38)47(31-49(48)44-27-14-28-46(54(44)50)55(51)56)39-29-30-45-36-20-8-7-19-35(36)40-25-13-26-41(39)53(40)45/h1-32H. The average Bonchev–Trinajstić information content (AvgIpc) is 3.77. The van der Waals surface area contributed by atoms with E-state index in [1.165, 1.54) is 132 Å². The van der Waals surface area contributed by atoms with E-state index in [4.69, 9.17) is 0 Å². The number of rotatable bonds is 3. The molecule has 256 valence electrons. The van der Waals surface area contributed by atoms with Crippen molar-refractivity contribution in [1.82, 2.24) is 0 Å². The van der Waals surface area contributed by atoms with Crippen LogP contribution in [0.4, 0.5) is 0 Å². The Morgan fingerprint density at radius 3 is 1.29 bits per heavy atom. The minimum Gasteiger partial charge on any atom is -0.0622 e. The maximum Gasteiger partial charge on any atom is -0.000719 e. The Bertz CT molecular complexity index is 3470. The van der Waals surface area contributed by atoms with Gasteiger partial charge in [-0.25, -0.2) is 0 Å². The molecule has 0 amide bonds. The fraction of sp³-hybridized carbons (Fsp3) is 0. The molecular weight excluding hydrogens is 673 g/mol. The Balaban J connectivity index is 1.18. The van der Waals surface area contributed by atoms with Gasteiger partial charge < -0.3 is 0 Å². The van der Waals surface area contributed by atoms with Crippen LogP contribution in [0.3, 0.4) is 0 Å². The van der Waals surface area contributed by atoms with Gasteiger partial charge in [-0.05, 0) is 144 Å². The van der Waals surface area contributed by atoms with Gasteiger partial charge in [0.25, 0.3) is 0 Å². The Kier molecular flexibility index (Phi) is 5.98. The molecule has 2 aliphatic carbocycles. The lowest BCUT2D eigenvalue weighted by Crippen LogP contribution is -1.93. The van der Waals surface area contributed by atoms with Crippen LogP contribution in [0.1, 0.15) is 0 Å². The molecule has 56 heavy (non-hydrogen) atoms. The number of hydrogen-bond acceptors (Lipinski definition) is 0. The van der Waals surface area contributed by atoms with Crippen LogP contribution in [-0.2, 0) is 0 Å². The Hall–Kier alpha value is -7.28. The van der Waals surface area contributed by atoms with Crippen LogP contribution >= 0.6 is 0 Å². The summed E-state index contributed by atoms with van der Waals surface area (Å²) in [5.41, 5.74) is 18.3. The molecule has 0 bridgehead atoms. The lowest BCUT2D eigenvalue weighted by Gasteiger charge is -2.20. The third-order valence-corrected chi connectivity index (χ3v) is 12.7. The SMILES string of the molecule is c1ccc(-c2c3c(c(-c4ccccc4)c4ccccc24)-c2cc4c5ccccc5c(-c5ccc6c7c(cccc57)-c5ccccc5-6)cc4c4cccc-3c24)cc1. The fourth-order valence-electron chi connectivity index (χ4n) is 10.5. The van der Waals surface area contributed by atoms with Gasteiger partial charge in [-0.2, -0.15) is 0 Å². The molecule has 0 unspecified atom stereocenters. The summed E-state index contributed by atoms with van der Waals surface area (Å²) in [6, 6.07) is 72.7. The van der Waals surface area contributed by atoms with Crippen molar-refractivity contribution in [3.8, 4) is 77.9 Å². The van der Waals surface area contributed by atoms with Gasteiger partial charge in [-0.3, -0.25) is 0 Å².